The molecule has 1 aliphatic heterocycles. The summed E-state index contributed by atoms with van der Waals surface area (Å²) in [4.78, 5) is 121. The number of carbonyl (C=O) groups is 9. The van der Waals surface area contributed by atoms with Crippen LogP contribution in [0.3, 0.4) is 0 Å². The van der Waals surface area contributed by atoms with Crippen LogP contribution in [0.1, 0.15) is 63.0 Å². The number of aliphatic imine (C=N–C) groups is 1. The number of hydrogen-bond donors (Lipinski definition) is 14. The Hall–Kier alpha value is -7.66. The Bertz CT molecular complexity index is 2280. The Morgan fingerprint density at radius 2 is 1.09 bits per heavy atom. The van der Waals surface area contributed by atoms with Crippen molar-refractivity contribution in [2.45, 2.75) is 76.9 Å². The van der Waals surface area contributed by atoms with Gasteiger partial charge in [-0.25, -0.2) is 4.79 Å². The van der Waals surface area contributed by atoms with E-state index in [1.165, 1.54) is 12.1 Å². The van der Waals surface area contributed by atoms with Crippen molar-refractivity contribution in [3.63, 3.8) is 0 Å². The number of aliphatic carboxylic acids is 3. The van der Waals surface area contributed by atoms with E-state index in [0.717, 1.165) is 11.3 Å². The van der Waals surface area contributed by atoms with Crippen molar-refractivity contribution in [3.8, 4) is 5.75 Å². The summed E-state index contributed by atoms with van der Waals surface area (Å²) in [7, 11) is 0. The second kappa shape index (κ2) is 38.0. The second-order valence-electron chi connectivity index (χ2n) is 19.2. The minimum Gasteiger partial charge on any atom is -0.508 e. The number of hydrogen-bond acceptors (Lipinski definition) is 17. The van der Waals surface area contributed by atoms with Gasteiger partial charge >= 0.3 is 23.9 Å². The van der Waals surface area contributed by atoms with E-state index in [1.54, 1.807) is 45.9 Å². The lowest BCUT2D eigenvalue weighted by atomic mass is 10.1. The first-order valence-electron chi connectivity index (χ1n) is 26.9. The van der Waals surface area contributed by atoms with Crippen molar-refractivity contribution in [1.29, 1.82) is 0 Å². The van der Waals surface area contributed by atoms with E-state index in [0.29, 0.717) is 89.9 Å². The number of carboxylic acids is 3. The molecular formula is C52H83N15O13. The molecule has 2 aromatic carbocycles. The summed E-state index contributed by atoms with van der Waals surface area (Å²) in [6.07, 6.45) is 2.97. The third-order valence-electron chi connectivity index (χ3n) is 12.6. The first-order chi connectivity index (χ1) is 38.3. The number of nitrogens with one attached hydrogen (secondary N) is 8. The minimum absolute atomic E-state index is 0.00413. The van der Waals surface area contributed by atoms with Gasteiger partial charge in [0.05, 0.1) is 38.6 Å². The van der Waals surface area contributed by atoms with E-state index in [-0.39, 0.29) is 127 Å². The van der Waals surface area contributed by atoms with Gasteiger partial charge < -0.3 is 69.1 Å². The van der Waals surface area contributed by atoms with Gasteiger partial charge in [-0.15, -0.1) is 0 Å². The predicted molar refractivity (Wildman–Crippen MR) is 297 cm³/mol. The lowest BCUT2D eigenvalue weighted by molar-refractivity contribution is -0.140. The molecule has 7 amide bonds. The van der Waals surface area contributed by atoms with Crippen LogP contribution in [0.2, 0.25) is 0 Å². The van der Waals surface area contributed by atoms with Gasteiger partial charge in [-0.05, 0) is 73.9 Å². The average molecular weight is 1130 g/mol. The van der Waals surface area contributed by atoms with E-state index in [2.05, 4.69) is 47.5 Å². The quantitative estimate of drug-likeness (QED) is 0.0202. The zero-order chi connectivity index (χ0) is 58.7. The molecular weight excluding hydrogens is 1040 g/mol. The first-order valence-corrected chi connectivity index (χ1v) is 26.9. The molecule has 0 saturated carbocycles. The van der Waals surface area contributed by atoms with Crippen molar-refractivity contribution in [2.24, 2.45) is 16.5 Å². The fraction of sp³-hybridized carbons (Fsp3) is 0.577. The third-order valence-corrected chi connectivity index (χ3v) is 12.6. The molecule has 1 saturated heterocycles. The SMILES string of the molecule is CCC(=O)NCCNC(=O)NC(N)=NCCC[C@@H](NC(=O)Cc1ccc(NCCCNC(=O)[C@H](N)CCCCNC(=O)CN2CCN(CC(=O)O)CCN(CC(=O)O)CCN(CC(=O)O)CC2)cc1)C(=O)NCc1ccc(O)cc1. The topological polar surface area (TPSA) is 408 Å². The molecule has 1 heterocycles. The lowest BCUT2D eigenvalue weighted by Gasteiger charge is -2.32. The molecule has 1 fully saturated rings. The number of aromatic hydroxyl groups is 1. The van der Waals surface area contributed by atoms with E-state index >= 15 is 0 Å². The standard InChI is InChI=1S/C52H83N15O13/c1-2-43(69)57-21-22-60-52(80)63-51(54)59-18-5-8-42(50(79)61-32-38-11-15-40(68)16-12-38)62-44(70)31-37-9-13-39(14-10-37)55-19-6-20-58-49(78)41(53)7-3-4-17-56-45(71)33-64-23-25-65(34-46(72)73)27-29-67(36-48(76)77)30-28-66(26-24-64)35-47(74)75/h9-16,41-42,55,68H,2-8,17-36,53H2,1H3,(H,56,71)(H,57,69)(H,58,78)(H,61,79)(H,62,70)(H,72,73)(H,74,75)(H,76,77)(H4,54,59,60,63,80)/t41-,42-/m1/s1. The zero-order valence-electron chi connectivity index (χ0n) is 45.7. The molecule has 0 spiro atoms. The molecule has 0 aliphatic carbocycles. The molecule has 28 heteroatoms. The van der Waals surface area contributed by atoms with Gasteiger partial charge in [-0.3, -0.25) is 68.3 Å². The number of carboxylic acid groups (broad SMARTS) is 3. The highest BCUT2D eigenvalue weighted by atomic mass is 16.4. The zero-order valence-corrected chi connectivity index (χ0v) is 45.7. The smallest absolute Gasteiger partial charge is 0.321 e. The van der Waals surface area contributed by atoms with Crippen LogP contribution in [0.5, 0.6) is 5.75 Å². The predicted octanol–water partition coefficient (Wildman–Crippen LogP) is -2.34. The fourth-order valence-corrected chi connectivity index (χ4v) is 8.12. The van der Waals surface area contributed by atoms with Crippen LogP contribution in [-0.2, 0) is 51.3 Å². The minimum atomic E-state index is -1.04. The van der Waals surface area contributed by atoms with Crippen molar-refractivity contribution >= 4 is 65.1 Å². The monoisotopic (exact) mass is 1130 g/mol. The van der Waals surface area contributed by atoms with Crippen LogP contribution >= 0.6 is 0 Å². The number of phenolic OH excluding ortho intramolecular Hbond substituents is 1. The Morgan fingerprint density at radius 1 is 0.562 bits per heavy atom. The molecule has 28 nitrogen and oxygen atoms in total. The second-order valence-corrected chi connectivity index (χ2v) is 19.2. The van der Waals surface area contributed by atoms with E-state index < -0.39 is 41.9 Å². The molecule has 0 bridgehead atoms. The number of benzene rings is 2. The molecule has 444 valence electrons. The van der Waals surface area contributed by atoms with Crippen molar-refractivity contribution in [3.05, 3.63) is 59.7 Å². The van der Waals surface area contributed by atoms with Gasteiger partial charge in [0, 0.05) is 110 Å². The van der Waals surface area contributed by atoms with E-state index in [1.807, 2.05) is 17.0 Å². The first kappa shape index (κ1) is 66.6. The molecule has 0 unspecified atom stereocenters. The van der Waals surface area contributed by atoms with E-state index in [4.69, 9.17) is 11.5 Å². The number of guanidine groups is 1. The van der Waals surface area contributed by atoms with Crippen LogP contribution in [0, 0.1) is 0 Å². The number of urea groups is 1. The lowest BCUT2D eigenvalue weighted by Crippen LogP contribution is -2.49. The summed E-state index contributed by atoms with van der Waals surface area (Å²) in [5.74, 6) is -4.70. The fourth-order valence-electron chi connectivity index (χ4n) is 8.12. The maximum Gasteiger partial charge on any atom is 0.321 e. The van der Waals surface area contributed by atoms with Crippen LogP contribution < -0.4 is 54.0 Å². The van der Waals surface area contributed by atoms with Crippen molar-refractivity contribution < 1.29 is 63.6 Å². The molecule has 3 rings (SSSR count). The van der Waals surface area contributed by atoms with Crippen LogP contribution in [0.15, 0.2) is 53.5 Å². The number of anilines is 1. The average Bonchev–Trinajstić information content (AvgIpc) is 3.40. The maximum absolute atomic E-state index is 13.3. The highest BCUT2D eigenvalue weighted by Gasteiger charge is 2.23. The van der Waals surface area contributed by atoms with Crippen molar-refractivity contribution in [1.82, 2.24) is 56.8 Å². The highest BCUT2D eigenvalue weighted by molar-refractivity contribution is 5.95. The molecule has 2 atom stereocenters. The molecule has 2 aromatic rings. The number of unbranched alkanes of at least 4 members (excludes halogenated alkanes) is 1. The van der Waals surface area contributed by atoms with Crippen LogP contribution in [0.4, 0.5) is 10.5 Å². The normalized spacial score (nSPS) is 14.9. The van der Waals surface area contributed by atoms with Gasteiger partial charge in [0.2, 0.25) is 29.5 Å². The number of nitrogens with two attached hydrogens (primary N) is 2. The van der Waals surface area contributed by atoms with E-state index in [9.17, 15) is 63.6 Å². The Labute approximate surface area is 466 Å². The summed E-state index contributed by atoms with van der Waals surface area (Å²) in [6.45, 7) is 5.20. The molecule has 80 heavy (non-hydrogen) atoms. The number of carbonyl (C=O) groups excluding carboxylic acids is 6. The number of amides is 7. The summed E-state index contributed by atoms with van der Waals surface area (Å²) in [5, 5.41) is 60.1. The maximum atomic E-state index is 13.3. The van der Waals surface area contributed by atoms with Crippen LogP contribution in [-0.4, -0.2) is 229 Å². The third kappa shape index (κ3) is 30.5. The van der Waals surface area contributed by atoms with Gasteiger partial charge in [0.25, 0.3) is 0 Å². The molecule has 0 radical (unpaired) electrons. The highest BCUT2D eigenvalue weighted by Crippen LogP contribution is 2.12. The van der Waals surface area contributed by atoms with Crippen molar-refractivity contribution in [2.75, 3.05) is 123 Å². The Kier molecular flexibility index (Phi) is 31.7. The number of nitrogens with zero attached hydrogens (tertiary/aromatic N) is 5. The van der Waals surface area contributed by atoms with Gasteiger partial charge in [-0.2, -0.15) is 0 Å². The summed E-state index contributed by atoms with van der Waals surface area (Å²) in [5.41, 5.74) is 14.2. The summed E-state index contributed by atoms with van der Waals surface area (Å²) in [6, 6.07) is 11.3. The molecule has 16 N–H and O–H groups in total. The Balaban J connectivity index is 1.37. The largest absolute Gasteiger partial charge is 0.508 e. The summed E-state index contributed by atoms with van der Waals surface area (Å²) < 4.78 is 0. The molecule has 0 aromatic heterocycles. The number of phenols is 1. The number of rotatable bonds is 33. The van der Waals surface area contributed by atoms with Crippen LogP contribution in [0.25, 0.3) is 0 Å². The van der Waals surface area contributed by atoms with Gasteiger partial charge in [0.15, 0.2) is 5.96 Å². The van der Waals surface area contributed by atoms with Gasteiger partial charge in [0.1, 0.15) is 11.8 Å². The van der Waals surface area contributed by atoms with Gasteiger partial charge in [-0.1, -0.05) is 31.2 Å². The molecule has 1 aliphatic rings. The summed E-state index contributed by atoms with van der Waals surface area (Å²) >= 11 is 0. The Morgan fingerprint density at radius 3 is 1.65 bits per heavy atom.